The molecular weight excluding hydrogens is 718 g/mol. The van der Waals surface area contributed by atoms with Crippen molar-refractivity contribution in [1.29, 1.82) is 0 Å². The van der Waals surface area contributed by atoms with Gasteiger partial charge in [-0.05, 0) is 46.3 Å². The van der Waals surface area contributed by atoms with E-state index < -0.39 is 5.97 Å². The van der Waals surface area contributed by atoms with Gasteiger partial charge in [0.1, 0.15) is 11.5 Å². The van der Waals surface area contributed by atoms with Crippen LogP contribution in [-0.2, 0) is 30.7 Å². The average molecular weight is 742 g/mol. The molecule has 1 N–H and O–H groups in total. The standard InChI is InChI=1S/C41H25N8O3.Zn/c50-32(51)21-18-22-16-19-23(20-17-22)52-31-15-7-14-30-33(31)41-48-39-29-13-6-5-12-28(29)37(46-39)44-35-25-9-2-1-8-24(25)34(42-35)43-36-26-10-3-4-11-27(26)38(45-36)47-40(30)49-41;/h1-17,19-20H,18,21H2,(H2-,42,43,44,45,46,47,48,49,50,51);/q-1;+2/p-1. The fourth-order valence-electron chi connectivity index (χ4n) is 6.71. The summed E-state index contributed by atoms with van der Waals surface area (Å²) in [5, 5.41) is 12.2. The van der Waals surface area contributed by atoms with Crippen molar-refractivity contribution in [2.75, 3.05) is 0 Å². The summed E-state index contributed by atoms with van der Waals surface area (Å²) in [4.78, 5) is 50.9. The molecular formula is C41H24N8O3Zn. The van der Waals surface area contributed by atoms with Crippen LogP contribution in [0.5, 0.6) is 11.5 Å². The van der Waals surface area contributed by atoms with E-state index in [4.69, 9.17) is 49.7 Å². The number of rotatable bonds is 5. The summed E-state index contributed by atoms with van der Waals surface area (Å²) in [6.45, 7) is 0. The molecule has 0 saturated carbocycles. The smallest absolute Gasteiger partial charge is 0.481 e. The number of aryl methyl sites for hydroxylation is 1. The van der Waals surface area contributed by atoms with Crippen LogP contribution in [0.25, 0.3) is 89.7 Å². The maximum atomic E-state index is 11.1. The molecule has 53 heavy (non-hydrogen) atoms. The number of hydrogen-bond donors (Lipinski definition) is 1. The van der Waals surface area contributed by atoms with Gasteiger partial charge in [0.15, 0.2) is 0 Å². The molecule has 8 aromatic rings. The minimum atomic E-state index is -0.838. The summed E-state index contributed by atoms with van der Waals surface area (Å²) in [7, 11) is 0. The predicted octanol–water partition coefficient (Wildman–Crippen LogP) is 7.93. The zero-order chi connectivity index (χ0) is 34.8. The normalized spacial score (nSPS) is 11.5. The molecule has 0 aliphatic carbocycles. The van der Waals surface area contributed by atoms with Gasteiger partial charge in [-0.2, -0.15) is 0 Å². The van der Waals surface area contributed by atoms with Crippen molar-refractivity contribution in [2.45, 2.75) is 12.8 Å². The second-order valence-corrected chi connectivity index (χ2v) is 12.4. The first-order valence-electron chi connectivity index (χ1n) is 16.7. The molecule has 3 aromatic heterocycles. The van der Waals surface area contributed by atoms with Gasteiger partial charge in [0.25, 0.3) is 0 Å². The summed E-state index contributed by atoms with van der Waals surface area (Å²) in [5.41, 5.74) is 6.00. The average Bonchev–Trinajstić information content (AvgIpc) is 3.91. The Morgan fingerprint density at radius 2 is 0.981 bits per heavy atom. The Labute approximate surface area is 313 Å². The van der Waals surface area contributed by atoms with Gasteiger partial charge >= 0.3 is 25.4 Å². The topological polar surface area (TPSA) is 152 Å². The first-order valence-corrected chi connectivity index (χ1v) is 16.7. The van der Waals surface area contributed by atoms with E-state index >= 15 is 0 Å². The summed E-state index contributed by atoms with van der Waals surface area (Å²) in [6, 6.07) is 36.6. The fraction of sp³-hybridized carbons (Fsp3) is 0.0488. The number of nitrogens with zero attached hydrogens (tertiary/aromatic N) is 8. The van der Waals surface area contributed by atoms with E-state index in [2.05, 4.69) is 0 Å². The molecule has 0 fully saturated rings. The van der Waals surface area contributed by atoms with Gasteiger partial charge in [-0.3, -0.25) is 4.79 Å². The summed E-state index contributed by atoms with van der Waals surface area (Å²) in [6.07, 6.45) is 0.485. The zero-order valence-corrected chi connectivity index (χ0v) is 30.9. The maximum Gasteiger partial charge on any atom is 2.00 e. The molecule has 0 spiro atoms. The largest absolute Gasteiger partial charge is 2.00 e. The van der Waals surface area contributed by atoms with E-state index in [1.54, 1.807) is 0 Å². The molecule has 0 unspecified atom stereocenters. The Kier molecular flexibility index (Phi) is 7.82. The summed E-state index contributed by atoms with van der Waals surface area (Å²) >= 11 is 0. The van der Waals surface area contributed by atoms with Crippen LogP contribution >= 0.6 is 0 Å². The molecule has 0 amide bonds. The van der Waals surface area contributed by atoms with Crippen molar-refractivity contribution in [2.24, 2.45) is 0 Å². The van der Waals surface area contributed by atoms with Crippen LogP contribution < -0.4 is 14.7 Å². The van der Waals surface area contributed by atoms with Crippen molar-refractivity contribution in [3.63, 3.8) is 0 Å². The number of aliphatic carboxylic acids is 1. The molecule has 2 aliphatic heterocycles. The van der Waals surface area contributed by atoms with Gasteiger partial charge in [0.2, 0.25) is 0 Å². The first kappa shape index (κ1) is 32.3. The van der Waals surface area contributed by atoms with E-state index in [-0.39, 0.29) is 25.9 Å². The number of carboxylic acid groups (broad SMARTS) is 1. The van der Waals surface area contributed by atoms with Gasteiger partial charge in [0, 0.05) is 56.6 Å². The van der Waals surface area contributed by atoms with Crippen LogP contribution in [0, 0.1) is 0 Å². The Morgan fingerprint density at radius 1 is 0.528 bits per heavy atom. The minimum absolute atomic E-state index is 0. The maximum absolute atomic E-state index is 11.1. The van der Waals surface area contributed by atoms with Crippen LogP contribution in [0.15, 0.2) is 115 Å². The van der Waals surface area contributed by atoms with Crippen molar-refractivity contribution in [3.8, 4) is 57.1 Å². The molecule has 5 heterocycles. The predicted molar refractivity (Wildman–Crippen MR) is 196 cm³/mol. The van der Waals surface area contributed by atoms with E-state index in [9.17, 15) is 4.79 Å². The van der Waals surface area contributed by atoms with Crippen molar-refractivity contribution >= 4 is 50.1 Å². The number of aromatic nitrogens is 8. The van der Waals surface area contributed by atoms with Gasteiger partial charge in [-0.25, -0.2) is 9.97 Å². The van der Waals surface area contributed by atoms with Gasteiger partial charge in [-0.1, -0.05) is 97.1 Å². The molecule has 8 bridgehead atoms. The fourth-order valence-corrected chi connectivity index (χ4v) is 6.71. The van der Waals surface area contributed by atoms with Crippen molar-refractivity contribution < 1.29 is 34.1 Å². The third-order valence-electron chi connectivity index (χ3n) is 9.19. The minimum Gasteiger partial charge on any atom is -0.481 e. The van der Waals surface area contributed by atoms with Gasteiger partial charge < -0.3 is 39.7 Å². The summed E-state index contributed by atoms with van der Waals surface area (Å²) in [5.74, 6) is 2.16. The molecule has 2 aliphatic rings. The second kappa shape index (κ2) is 12.8. The van der Waals surface area contributed by atoms with E-state index in [1.165, 1.54) is 0 Å². The monoisotopic (exact) mass is 740 g/mol. The van der Waals surface area contributed by atoms with Crippen LogP contribution in [-0.4, -0.2) is 41.0 Å². The molecule has 11 nitrogen and oxygen atoms in total. The third-order valence-corrected chi connectivity index (χ3v) is 9.19. The van der Waals surface area contributed by atoms with Crippen LogP contribution in [0.2, 0.25) is 0 Å². The Bertz CT molecular complexity index is 2930. The van der Waals surface area contributed by atoms with Crippen molar-refractivity contribution in [1.82, 2.24) is 39.9 Å². The zero-order valence-electron chi connectivity index (χ0n) is 27.9. The Hall–Kier alpha value is -6.65. The van der Waals surface area contributed by atoms with Gasteiger partial charge in [-0.15, -0.1) is 0 Å². The van der Waals surface area contributed by atoms with E-state index in [0.717, 1.165) is 44.0 Å². The Morgan fingerprint density at radius 3 is 1.51 bits per heavy atom. The number of carboxylic acids is 1. The third kappa shape index (κ3) is 5.60. The SMILES string of the molecule is O=C(O)CCc1ccc(Oc2cccc3c4nc5nc(nc6[n-]c(nc7nc(nc([n-]4)c23)-c2ccccc2-7)c2ccccc62)-c2ccccc2-5)cc1.[Zn+2]. The molecule has 0 radical (unpaired) electrons. The van der Waals surface area contributed by atoms with E-state index in [1.807, 2.05) is 115 Å². The number of hydrogen-bond acceptors (Lipinski definition) is 8. The molecule has 10 rings (SSSR count). The number of fused-ring (bicyclic) bond motifs is 20. The molecule has 0 saturated heterocycles. The molecule has 0 atom stereocenters. The second-order valence-electron chi connectivity index (χ2n) is 12.4. The van der Waals surface area contributed by atoms with Crippen LogP contribution in [0.4, 0.5) is 0 Å². The van der Waals surface area contributed by atoms with Crippen LogP contribution in [0.1, 0.15) is 12.0 Å². The molecule has 12 heteroatoms. The van der Waals surface area contributed by atoms with Gasteiger partial charge in [0.05, 0.1) is 23.3 Å². The van der Waals surface area contributed by atoms with Crippen molar-refractivity contribution in [3.05, 3.63) is 121 Å². The van der Waals surface area contributed by atoms with E-state index in [0.29, 0.717) is 69.2 Å². The summed E-state index contributed by atoms with van der Waals surface area (Å²) < 4.78 is 6.47. The quantitative estimate of drug-likeness (QED) is 0.171. The Balaban J connectivity index is 0.00000372. The molecule has 5 aromatic carbocycles. The number of carbonyl (C=O) groups is 1. The van der Waals surface area contributed by atoms with Crippen LogP contribution in [0.3, 0.4) is 0 Å². The molecule has 248 valence electrons. The number of ether oxygens (including phenoxy) is 1. The number of benzene rings is 5. The first-order chi connectivity index (χ1) is 25.6.